The molecule has 1 unspecified atom stereocenters. The summed E-state index contributed by atoms with van der Waals surface area (Å²) in [5.41, 5.74) is 2.36. The largest absolute Gasteiger partial charge is 0.352 e. The maximum absolute atomic E-state index is 12.7. The molecule has 26 heavy (non-hydrogen) atoms. The zero-order chi connectivity index (χ0) is 18.4. The summed E-state index contributed by atoms with van der Waals surface area (Å²) in [6.07, 6.45) is 6.49. The average molecular weight is 347 g/mol. The van der Waals surface area contributed by atoms with Crippen LogP contribution >= 0.6 is 0 Å². The van der Waals surface area contributed by atoms with Crippen LogP contribution in [-0.2, 0) is 0 Å². The predicted octanol–water partition coefficient (Wildman–Crippen LogP) is 3.21. The topological polar surface area (TPSA) is 79.8 Å². The number of carbonyl (C=O) groups excluding carboxylic acids is 1. The molecule has 2 N–H and O–H groups in total. The normalized spacial score (nSPS) is 11.8. The Balaban J connectivity index is 1.81. The first kappa shape index (κ1) is 17.5. The minimum atomic E-state index is -0.278. The van der Waals surface area contributed by atoms with Crippen molar-refractivity contribution in [1.82, 2.24) is 20.3 Å². The first-order chi connectivity index (χ1) is 12.6. The van der Waals surface area contributed by atoms with Gasteiger partial charge >= 0.3 is 0 Å². The van der Waals surface area contributed by atoms with E-state index in [1.807, 2.05) is 56.3 Å². The number of rotatable bonds is 6. The van der Waals surface area contributed by atoms with E-state index in [1.54, 1.807) is 12.4 Å². The van der Waals surface area contributed by atoms with E-state index in [4.69, 9.17) is 0 Å². The van der Waals surface area contributed by atoms with Gasteiger partial charge in [0.1, 0.15) is 0 Å². The molecule has 0 aliphatic rings. The molecule has 0 aliphatic carbocycles. The summed E-state index contributed by atoms with van der Waals surface area (Å²) in [5, 5.41) is 6.16. The highest BCUT2D eigenvalue weighted by molar-refractivity contribution is 5.94. The molecule has 0 fully saturated rings. The number of amides is 1. The van der Waals surface area contributed by atoms with Gasteiger partial charge in [-0.15, -0.1) is 0 Å². The molecular formula is C20H21N5O. The van der Waals surface area contributed by atoms with E-state index in [2.05, 4.69) is 25.6 Å². The number of hydrogen-bond donors (Lipinski definition) is 2. The molecule has 6 nitrogen and oxygen atoms in total. The van der Waals surface area contributed by atoms with Crippen LogP contribution in [0.3, 0.4) is 0 Å². The lowest BCUT2D eigenvalue weighted by molar-refractivity contribution is 0.0942. The SMILES string of the molecule is CC(C)Nc1ncc(C(=O)NC(c2ccccc2)c2ccncc2)cn1. The van der Waals surface area contributed by atoms with Crippen LogP contribution in [0, 0.1) is 0 Å². The summed E-state index contributed by atoms with van der Waals surface area (Å²) in [7, 11) is 0. The van der Waals surface area contributed by atoms with Gasteiger partial charge in [0.15, 0.2) is 0 Å². The van der Waals surface area contributed by atoms with Gasteiger partial charge in [-0.25, -0.2) is 9.97 Å². The summed E-state index contributed by atoms with van der Waals surface area (Å²) in [6.45, 7) is 4.01. The standard InChI is InChI=1S/C20H21N5O/c1-14(2)24-20-22-12-17(13-23-20)19(26)25-18(15-6-4-3-5-7-15)16-8-10-21-11-9-16/h3-14,18H,1-2H3,(H,25,26)(H,22,23,24). The van der Waals surface area contributed by atoms with Crippen LogP contribution in [0.4, 0.5) is 5.95 Å². The van der Waals surface area contributed by atoms with Crippen molar-refractivity contribution in [3.63, 3.8) is 0 Å². The molecule has 2 aromatic heterocycles. The molecule has 3 aromatic rings. The number of carbonyl (C=O) groups is 1. The van der Waals surface area contributed by atoms with Crippen LogP contribution in [0.2, 0.25) is 0 Å². The van der Waals surface area contributed by atoms with Gasteiger partial charge in [0.05, 0.1) is 11.6 Å². The lowest BCUT2D eigenvalue weighted by atomic mass is 9.99. The van der Waals surface area contributed by atoms with Gasteiger partial charge in [0.25, 0.3) is 5.91 Å². The second-order valence-corrected chi connectivity index (χ2v) is 6.19. The number of nitrogens with one attached hydrogen (secondary N) is 2. The number of nitrogens with zero attached hydrogens (tertiary/aromatic N) is 3. The minimum absolute atomic E-state index is 0.226. The molecule has 0 saturated heterocycles. The van der Waals surface area contributed by atoms with Crippen LogP contribution in [0.25, 0.3) is 0 Å². The van der Waals surface area contributed by atoms with Gasteiger partial charge in [-0.2, -0.15) is 0 Å². The van der Waals surface area contributed by atoms with Crippen molar-refractivity contribution in [3.8, 4) is 0 Å². The van der Waals surface area contributed by atoms with Crippen LogP contribution in [0.5, 0.6) is 0 Å². The van der Waals surface area contributed by atoms with Crippen LogP contribution in [0.1, 0.15) is 41.4 Å². The minimum Gasteiger partial charge on any atom is -0.352 e. The molecule has 6 heteroatoms. The molecule has 1 atom stereocenters. The Morgan fingerprint density at radius 1 is 0.923 bits per heavy atom. The van der Waals surface area contributed by atoms with Crippen molar-refractivity contribution in [3.05, 3.63) is 83.9 Å². The quantitative estimate of drug-likeness (QED) is 0.716. The number of benzene rings is 1. The highest BCUT2D eigenvalue weighted by Crippen LogP contribution is 2.21. The van der Waals surface area contributed by atoms with Gasteiger partial charge in [-0.05, 0) is 37.1 Å². The highest BCUT2D eigenvalue weighted by atomic mass is 16.1. The second-order valence-electron chi connectivity index (χ2n) is 6.19. The Bertz CT molecular complexity index is 796. The molecule has 1 aromatic carbocycles. The molecule has 0 bridgehead atoms. The van der Waals surface area contributed by atoms with E-state index in [0.29, 0.717) is 11.5 Å². The van der Waals surface area contributed by atoms with E-state index < -0.39 is 0 Å². The summed E-state index contributed by atoms with van der Waals surface area (Å²) in [4.78, 5) is 25.2. The lowest BCUT2D eigenvalue weighted by Gasteiger charge is -2.19. The molecule has 0 aliphatic heterocycles. The van der Waals surface area contributed by atoms with Crippen molar-refractivity contribution < 1.29 is 4.79 Å². The maximum Gasteiger partial charge on any atom is 0.255 e. The van der Waals surface area contributed by atoms with E-state index in [0.717, 1.165) is 11.1 Å². The molecule has 1 amide bonds. The Labute approximate surface area is 152 Å². The summed E-state index contributed by atoms with van der Waals surface area (Å²) < 4.78 is 0. The lowest BCUT2D eigenvalue weighted by Crippen LogP contribution is -2.29. The van der Waals surface area contributed by atoms with Crippen LogP contribution in [-0.4, -0.2) is 26.9 Å². The van der Waals surface area contributed by atoms with Crippen LogP contribution < -0.4 is 10.6 Å². The van der Waals surface area contributed by atoms with Crippen molar-refractivity contribution in [2.75, 3.05) is 5.32 Å². The van der Waals surface area contributed by atoms with Gasteiger partial charge in [-0.3, -0.25) is 9.78 Å². The van der Waals surface area contributed by atoms with E-state index in [1.165, 1.54) is 12.4 Å². The monoisotopic (exact) mass is 347 g/mol. The third-order valence-electron chi connectivity index (χ3n) is 3.78. The predicted molar refractivity (Wildman–Crippen MR) is 101 cm³/mol. The number of anilines is 1. The Hall–Kier alpha value is -3.28. The summed E-state index contributed by atoms with van der Waals surface area (Å²) in [6, 6.07) is 13.5. The zero-order valence-corrected chi connectivity index (χ0v) is 14.8. The third-order valence-corrected chi connectivity index (χ3v) is 3.78. The molecule has 0 spiro atoms. The first-order valence-electron chi connectivity index (χ1n) is 8.48. The smallest absolute Gasteiger partial charge is 0.255 e. The van der Waals surface area contributed by atoms with Crippen LogP contribution in [0.15, 0.2) is 67.3 Å². The van der Waals surface area contributed by atoms with E-state index in [9.17, 15) is 4.79 Å². The molecular weight excluding hydrogens is 326 g/mol. The fraction of sp³-hybridized carbons (Fsp3) is 0.200. The first-order valence-corrected chi connectivity index (χ1v) is 8.48. The summed E-state index contributed by atoms with van der Waals surface area (Å²) >= 11 is 0. The number of pyridine rings is 1. The van der Waals surface area contributed by atoms with E-state index in [-0.39, 0.29) is 18.0 Å². The molecule has 2 heterocycles. The van der Waals surface area contributed by atoms with Gasteiger partial charge < -0.3 is 10.6 Å². The van der Waals surface area contributed by atoms with Gasteiger partial charge in [0.2, 0.25) is 5.95 Å². The average Bonchev–Trinajstić information content (AvgIpc) is 2.67. The number of hydrogen-bond acceptors (Lipinski definition) is 5. The second kappa shape index (κ2) is 8.20. The van der Waals surface area contributed by atoms with E-state index >= 15 is 0 Å². The molecule has 3 rings (SSSR count). The Morgan fingerprint density at radius 2 is 1.54 bits per heavy atom. The van der Waals surface area contributed by atoms with Crippen molar-refractivity contribution in [2.24, 2.45) is 0 Å². The fourth-order valence-corrected chi connectivity index (χ4v) is 2.55. The Kier molecular flexibility index (Phi) is 5.53. The van der Waals surface area contributed by atoms with Gasteiger partial charge in [0, 0.05) is 30.8 Å². The molecule has 0 radical (unpaired) electrons. The van der Waals surface area contributed by atoms with Crippen molar-refractivity contribution >= 4 is 11.9 Å². The zero-order valence-electron chi connectivity index (χ0n) is 14.8. The van der Waals surface area contributed by atoms with Crippen molar-refractivity contribution in [2.45, 2.75) is 25.9 Å². The maximum atomic E-state index is 12.7. The molecule has 132 valence electrons. The summed E-state index contributed by atoms with van der Waals surface area (Å²) in [5.74, 6) is 0.275. The number of aromatic nitrogens is 3. The van der Waals surface area contributed by atoms with Gasteiger partial charge in [-0.1, -0.05) is 30.3 Å². The highest BCUT2D eigenvalue weighted by Gasteiger charge is 2.18. The molecule has 0 saturated carbocycles. The third kappa shape index (κ3) is 4.42. The fourth-order valence-electron chi connectivity index (χ4n) is 2.55. The Morgan fingerprint density at radius 3 is 2.15 bits per heavy atom. The van der Waals surface area contributed by atoms with Crippen molar-refractivity contribution in [1.29, 1.82) is 0 Å².